The smallest absolute Gasteiger partial charge is 0.490 e. The highest BCUT2D eigenvalue weighted by Gasteiger charge is 2.31. The van der Waals surface area contributed by atoms with Crippen LogP contribution >= 0.6 is 0 Å². The van der Waals surface area contributed by atoms with Gasteiger partial charge < -0.3 is 29.8 Å². The van der Waals surface area contributed by atoms with Crippen LogP contribution in [-0.4, -0.2) is 57.6 Å². The van der Waals surface area contributed by atoms with E-state index in [9.17, 15) is 18.0 Å². The summed E-state index contributed by atoms with van der Waals surface area (Å²) in [6.07, 6.45) is 0.131. The van der Waals surface area contributed by atoms with Crippen molar-refractivity contribution in [2.45, 2.75) is 44.8 Å². The molecule has 0 radical (unpaired) electrons. The van der Waals surface area contributed by atoms with Crippen molar-refractivity contribution >= 4 is 5.91 Å². The summed E-state index contributed by atoms with van der Waals surface area (Å²) in [5.41, 5.74) is 9.13. The van der Waals surface area contributed by atoms with Crippen molar-refractivity contribution < 1.29 is 32.5 Å². The Kier molecular flexibility index (Phi) is 8.34. The number of benzene rings is 2. The molecule has 1 aromatic heterocycles. The summed E-state index contributed by atoms with van der Waals surface area (Å²) < 4.78 is 48.8. The molecule has 2 aromatic carbocycles. The van der Waals surface area contributed by atoms with Gasteiger partial charge in [-0.25, -0.2) is 4.98 Å². The first-order valence-corrected chi connectivity index (χ1v) is 12.0. The minimum atomic E-state index is -4.75. The number of nitrogens with two attached hydrogens (primary N) is 1. The Morgan fingerprint density at radius 1 is 1.14 bits per heavy atom. The van der Waals surface area contributed by atoms with E-state index in [4.69, 9.17) is 15.6 Å². The number of carbonyl (C=O) groups is 1. The minimum absolute atomic E-state index is 0.0366. The molecule has 198 valence electrons. The summed E-state index contributed by atoms with van der Waals surface area (Å²) in [6, 6.07) is 11.1. The number of hydrogen-bond acceptors (Lipinski definition) is 6. The Bertz CT molecular complexity index is 1190. The highest BCUT2D eigenvalue weighted by Crippen LogP contribution is 2.28. The summed E-state index contributed by atoms with van der Waals surface area (Å²) in [4.78, 5) is 18.8. The monoisotopic (exact) mass is 518 g/mol. The highest BCUT2D eigenvalue weighted by atomic mass is 19.4. The molecule has 0 aliphatic carbocycles. The molecule has 0 bridgehead atoms. The van der Waals surface area contributed by atoms with Crippen LogP contribution < -0.4 is 15.2 Å². The second-order valence-electron chi connectivity index (χ2n) is 8.81. The molecule has 11 heteroatoms. The number of ether oxygens (including phenoxy) is 2. The number of carbonyl (C=O) groups excluding carboxylic acids is 1. The van der Waals surface area contributed by atoms with E-state index in [2.05, 4.69) is 9.72 Å². The van der Waals surface area contributed by atoms with E-state index in [1.165, 1.54) is 24.3 Å². The number of aliphatic hydroxyl groups is 1. The number of amides is 1. The number of aromatic nitrogens is 2. The van der Waals surface area contributed by atoms with E-state index < -0.39 is 6.36 Å². The first kappa shape index (κ1) is 26.5. The molecule has 0 spiro atoms. The van der Waals surface area contributed by atoms with Crippen LogP contribution in [-0.2, 0) is 24.3 Å². The largest absolute Gasteiger partial charge is 0.573 e. The van der Waals surface area contributed by atoms with Gasteiger partial charge in [0.05, 0.1) is 25.0 Å². The van der Waals surface area contributed by atoms with Crippen molar-refractivity contribution in [2.75, 3.05) is 19.7 Å². The van der Waals surface area contributed by atoms with Gasteiger partial charge in [-0.2, -0.15) is 0 Å². The van der Waals surface area contributed by atoms with E-state index in [1.54, 1.807) is 11.2 Å². The standard InChI is InChI=1S/C26H29F3N4O4/c27-26(28,29)37-22-4-1-18(2-5-22)13-25(35)33-9-7-21(8-10-33)36-24-6-3-19(14-20(24)15-30)23-16-32(11-12-34)17-31-23/h1-6,14,16-17,21,34H,7-13,15,30H2. The molecule has 8 nitrogen and oxygen atoms in total. The van der Waals surface area contributed by atoms with Crippen molar-refractivity contribution in [3.63, 3.8) is 0 Å². The van der Waals surface area contributed by atoms with E-state index in [0.29, 0.717) is 50.3 Å². The average molecular weight is 519 g/mol. The number of hydrogen-bond donors (Lipinski definition) is 2. The molecule has 1 amide bonds. The summed E-state index contributed by atoms with van der Waals surface area (Å²) in [5.74, 6) is 0.297. The van der Waals surface area contributed by atoms with Crippen LogP contribution in [0.5, 0.6) is 11.5 Å². The number of piperidine rings is 1. The van der Waals surface area contributed by atoms with Crippen LogP contribution in [0, 0.1) is 0 Å². The van der Waals surface area contributed by atoms with Gasteiger partial charge in [-0.05, 0) is 35.9 Å². The maximum atomic E-state index is 12.7. The zero-order valence-corrected chi connectivity index (χ0v) is 20.2. The summed E-state index contributed by atoms with van der Waals surface area (Å²) in [5, 5.41) is 9.09. The number of rotatable bonds is 9. The second kappa shape index (κ2) is 11.7. The Morgan fingerprint density at radius 3 is 2.51 bits per heavy atom. The summed E-state index contributed by atoms with van der Waals surface area (Å²) in [6.45, 7) is 1.86. The Balaban J connectivity index is 1.29. The average Bonchev–Trinajstić information content (AvgIpc) is 3.34. The van der Waals surface area contributed by atoms with Gasteiger partial charge in [0.2, 0.25) is 5.91 Å². The van der Waals surface area contributed by atoms with Crippen LogP contribution in [0.4, 0.5) is 13.2 Å². The highest BCUT2D eigenvalue weighted by molar-refractivity contribution is 5.79. The normalized spacial score (nSPS) is 14.6. The number of imidazole rings is 1. The third-order valence-electron chi connectivity index (χ3n) is 6.17. The molecular weight excluding hydrogens is 489 g/mol. The predicted octanol–water partition coefficient (Wildman–Crippen LogP) is 3.51. The van der Waals surface area contributed by atoms with Gasteiger partial charge in [0.1, 0.15) is 17.6 Å². The maximum absolute atomic E-state index is 12.7. The first-order chi connectivity index (χ1) is 17.7. The van der Waals surface area contributed by atoms with Crippen molar-refractivity contribution in [3.8, 4) is 22.8 Å². The van der Waals surface area contributed by atoms with Gasteiger partial charge in [0, 0.05) is 56.3 Å². The molecular formula is C26H29F3N4O4. The van der Waals surface area contributed by atoms with Gasteiger partial charge in [0.15, 0.2) is 0 Å². The third kappa shape index (κ3) is 7.23. The van der Waals surface area contributed by atoms with Crippen LogP contribution in [0.2, 0.25) is 0 Å². The number of likely N-dealkylation sites (tertiary alicyclic amines) is 1. The molecule has 0 unspecified atom stereocenters. The minimum Gasteiger partial charge on any atom is -0.490 e. The van der Waals surface area contributed by atoms with Gasteiger partial charge in [-0.1, -0.05) is 12.1 Å². The van der Waals surface area contributed by atoms with E-state index in [-0.39, 0.29) is 30.8 Å². The van der Waals surface area contributed by atoms with E-state index >= 15 is 0 Å². The number of aliphatic hydroxyl groups excluding tert-OH is 1. The van der Waals surface area contributed by atoms with E-state index in [0.717, 1.165) is 16.8 Å². The first-order valence-electron chi connectivity index (χ1n) is 12.0. The molecule has 1 aliphatic heterocycles. The van der Waals surface area contributed by atoms with Crippen molar-refractivity contribution in [3.05, 3.63) is 66.1 Å². The topological polar surface area (TPSA) is 103 Å². The van der Waals surface area contributed by atoms with Gasteiger partial charge in [-0.15, -0.1) is 13.2 Å². The lowest BCUT2D eigenvalue weighted by Crippen LogP contribution is -2.42. The lowest BCUT2D eigenvalue weighted by atomic mass is 10.0. The lowest BCUT2D eigenvalue weighted by Gasteiger charge is -2.32. The fourth-order valence-corrected chi connectivity index (χ4v) is 4.26. The number of halogens is 3. The predicted molar refractivity (Wildman–Crippen MR) is 130 cm³/mol. The van der Waals surface area contributed by atoms with Gasteiger partial charge in [-0.3, -0.25) is 4.79 Å². The molecule has 2 heterocycles. The molecule has 3 N–H and O–H groups in total. The zero-order chi connectivity index (χ0) is 26.4. The van der Waals surface area contributed by atoms with Crippen LogP contribution in [0.3, 0.4) is 0 Å². The van der Waals surface area contributed by atoms with Crippen molar-refractivity contribution in [1.82, 2.24) is 14.5 Å². The van der Waals surface area contributed by atoms with Gasteiger partial charge in [0.25, 0.3) is 0 Å². The van der Waals surface area contributed by atoms with Crippen LogP contribution in [0.1, 0.15) is 24.0 Å². The number of nitrogens with zero attached hydrogens (tertiary/aromatic N) is 3. The third-order valence-corrected chi connectivity index (χ3v) is 6.17. The zero-order valence-electron chi connectivity index (χ0n) is 20.2. The van der Waals surface area contributed by atoms with Crippen LogP contribution in [0.15, 0.2) is 55.0 Å². The lowest BCUT2D eigenvalue weighted by molar-refractivity contribution is -0.274. The molecule has 1 aliphatic rings. The van der Waals surface area contributed by atoms with Gasteiger partial charge >= 0.3 is 6.36 Å². The molecule has 4 rings (SSSR count). The van der Waals surface area contributed by atoms with Crippen molar-refractivity contribution in [2.24, 2.45) is 5.73 Å². The summed E-state index contributed by atoms with van der Waals surface area (Å²) in [7, 11) is 0. The fraction of sp³-hybridized carbons (Fsp3) is 0.385. The molecule has 0 saturated carbocycles. The maximum Gasteiger partial charge on any atom is 0.573 e. The SMILES string of the molecule is NCc1cc(-c2cn(CCO)cn2)ccc1OC1CCN(C(=O)Cc2ccc(OC(F)(F)F)cc2)CC1. The Morgan fingerprint density at radius 2 is 1.86 bits per heavy atom. The summed E-state index contributed by atoms with van der Waals surface area (Å²) >= 11 is 0. The quantitative estimate of drug-likeness (QED) is 0.450. The van der Waals surface area contributed by atoms with E-state index in [1.807, 2.05) is 29.0 Å². The number of alkyl halides is 3. The second-order valence-corrected chi connectivity index (χ2v) is 8.81. The molecule has 3 aromatic rings. The fourth-order valence-electron chi connectivity index (χ4n) is 4.26. The van der Waals surface area contributed by atoms with Crippen molar-refractivity contribution in [1.29, 1.82) is 0 Å². The molecule has 37 heavy (non-hydrogen) atoms. The molecule has 0 atom stereocenters. The molecule has 1 fully saturated rings. The Labute approximate surface area is 212 Å². The van der Waals surface area contributed by atoms with Crippen LogP contribution in [0.25, 0.3) is 11.3 Å². The Hall–Kier alpha value is -3.57. The molecule has 1 saturated heterocycles.